The maximum Gasteiger partial charge on any atom is 0.251 e. The number of aryl methyl sites for hydroxylation is 1. The van der Waals surface area contributed by atoms with E-state index in [-0.39, 0.29) is 18.4 Å². The van der Waals surface area contributed by atoms with Crippen molar-refractivity contribution in [2.45, 2.75) is 20.3 Å². The van der Waals surface area contributed by atoms with Gasteiger partial charge >= 0.3 is 0 Å². The minimum absolute atomic E-state index is 0.107. The summed E-state index contributed by atoms with van der Waals surface area (Å²) in [6, 6.07) is 14.8. The largest absolute Gasteiger partial charge is 0.376 e. The number of rotatable bonds is 7. The van der Waals surface area contributed by atoms with E-state index in [1.165, 1.54) is 0 Å². The molecule has 0 aliphatic rings. The Balaban J connectivity index is 1.89. The van der Waals surface area contributed by atoms with Gasteiger partial charge in [-0.25, -0.2) is 0 Å². The lowest BCUT2D eigenvalue weighted by molar-refractivity contribution is -0.114. The molecule has 2 amide bonds. The molecule has 0 saturated heterocycles. The zero-order valence-corrected chi connectivity index (χ0v) is 14.1. The summed E-state index contributed by atoms with van der Waals surface area (Å²) in [5.41, 5.74) is 3.17. The Hall–Kier alpha value is -2.82. The Kier molecular flexibility index (Phi) is 6.37. The van der Waals surface area contributed by atoms with Crippen LogP contribution in [0.3, 0.4) is 0 Å². The number of benzene rings is 2. The first-order valence-electron chi connectivity index (χ1n) is 8.07. The fourth-order valence-electron chi connectivity index (χ4n) is 2.22. The number of hydrogen-bond acceptors (Lipinski definition) is 3. The van der Waals surface area contributed by atoms with Crippen molar-refractivity contribution in [3.05, 3.63) is 59.7 Å². The van der Waals surface area contributed by atoms with Gasteiger partial charge in [-0.05, 0) is 49.2 Å². The van der Waals surface area contributed by atoms with Gasteiger partial charge in [0.1, 0.15) is 0 Å². The third-order valence-electron chi connectivity index (χ3n) is 3.42. The monoisotopic (exact) mass is 325 g/mol. The molecular weight excluding hydrogens is 302 g/mol. The van der Waals surface area contributed by atoms with E-state index in [0.29, 0.717) is 12.1 Å². The Labute approximate surface area is 142 Å². The zero-order chi connectivity index (χ0) is 17.4. The number of anilines is 2. The number of amides is 2. The maximum absolute atomic E-state index is 12.0. The van der Waals surface area contributed by atoms with Gasteiger partial charge in [0.2, 0.25) is 5.91 Å². The summed E-state index contributed by atoms with van der Waals surface area (Å²) in [7, 11) is 0. The van der Waals surface area contributed by atoms with Crippen LogP contribution in [0.2, 0.25) is 0 Å². The summed E-state index contributed by atoms with van der Waals surface area (Å²) in [5.74, 6) is -0.244. The normalized spacial score (nSPS) is 10.1. The molecule has 3 N–H and O–H groups in total. The van der Waals surface area contributed by atoms with Gasteiger partial charge < -0.3 is 16.0 Å². The molecule has 2 aromatic rings. The van der Waals surface area contributed by atoms with Crippen LogP contribution in [-0.2, 0) is 4.79 Å². The van der Waals surface area contributed by atoms with Crippen LogP contribution >= 0.6 is 0 Å². The van der Waals surface area contributed by atoms with Gasteiger partial charge in [0.05, 0.1) is 6.54 Å². The average Bonchev–Trinajstić information content (AvgIpc) is 2.58. The molecule has 0 aliphatic heterocycles. The third-order valence-corrected chi connectivity index (χ3v) is 3.42. The Morgan fingerprint density at radius 2 is 1.75 bits per heavy atom. The summed E-state index contributed by atoms with van der Waals surface area (Å²) >= 11 is 0. The van der Waals surface area contributed by atoms with Gasteiger partial charge in [-0.15, -0.1) is 0 Å². The number of nitrogens with one attached hydrogen (secondary N) is 3. The van der Waals surface area contributed by atoms with E-state index in [9.17, 15) is 9.59 Å². The lowest BCUT2D eigenvalue weighted by atomic mass is 10.2. The second-order valence-corrected chi connectivity index (χ2v) is 5.61. The third kappa shape index (κ3) is 5.43. The molecule has 0 fully saturated rings. The molecule has 5 nitrogen and oxygen atoms in total. The maximum atomic E-state index is 12.0. The van der Waals surface area contributed by atoms with Gasteiger partial charge in [0, 0.05) is 23.5 Å². The number of carbonyl (C=O) groups is 2. The lowest BCUT2D eigenvalue weighted by Crippen LogP contribution is -2.24. The van der Waals surface area contributed by atoms with Gasteiger partial charge in [0.15, 0.2) is 0 Å². The van der Waals surface area contributed by atoms with Crippen molar-refractivity contribution in [3.63, 3.8) is 0 Å². The quantitative estimate of drug-likeness (QED) is 0.732. The second kappa shape index (κ2) is 8.72. The summed E-state index contributed by atoms with van der Waals surface area (Å²) in [5, 5.41) is 8.71. The molecule has 24 heavy (non-hydrogen) atoms. The summed E-state index contributed by atoms with van der Waals surface area (Å²) in [6.45, 7) is 4.76. The van der Waals surface area contributed by atoms with Gasteiger partial charge in [-0.2, -0.15) is 0 Å². The molecule has 2 aromatic carbocycles. The minimum atomic E-state index is -0.138. The molecule has 0 bridgehead atoms. The molecule has 0 radical (unpaired) electrons. The fraction of sp³-hybridized carbons (Fsp3) is 0.263. The average molecular weight is 325 g/mol. The van der Waals surface area contributed by atoms with Crippen molar-refractivity contribution in [1.82, 2.24) is 5.32 Å². The van der Waals surface area contributed by atoms with Crippen molar-refractivity contribution < 1.29 is 9.59 Å². The molecule has 2 rings (SSSR count). The highest BCUT2D eigenvalue weighted by Gasteiger charge is 2.06. The van der Waals surface area contributed by atoms with Gasteiger partial charge in [0.25, 0.3) is 5.91 Å². The Morgan fingerprint density at radius 3 is 2.50 bits per heavy atom. The Morgan fingerprint density at radius 1 is 1.00 bits per heavy atom. The first kappa shape index (κ1) is 17.5. The number of hydrogen-bond donors (Lipinski definition) is 3. The predicted octanol–water partition coefficient (Wildman–Crippen LogP) is 3.19. The van der Waals surface area contributed by atoms with E-state index >= 15 is 0 Å². The van der Waals surface area contributed by atoms with Crippen molar-refractivity contribution in [1.29, 1.82) is 0 Å². The second-order valence-electron chi connectivity index (χ2n) is 5.61. The lowest BCUT2D eigenvalue weighted by Gasteiger charge is -2.10. The summed E-state index contributed by atoms with van der Waals surface area (Å²) < 4.78 is 0. The van der Waals surface area contributed by atoms with Crippen LogP contribution in [0, 0.1) is 6.92 Å². The first-order valence-corrected chi connectivity index (χ1v) is 8.07. The van der Waals surface area contributed by atoms with Crippen LogP contribution in [0.5, 0.6) is 0 Å². The molecule has 0 spiro atoms. The van der Waals surface area contributed by atoms with E-state index in [1.54, 1.807) is 18.2 Å². The molecule has 0 atom stereocenters. The molecular formula is C19H23N3O2. The minimum Gasteiger partial charge on any atom is -0.376 e. The molecule has 126 valence electrons. The van der Waals surface area contributed by atoms with E-state index in [1.807, 2.05) is 44.2 Å². The van der Waals surface area contributed by atoms with Crippen molar-refractivity contribution in [2.75, 3.05) is 23.7 Å². The zero-order valence-electron chi connectivity index (χ0n) is 14.1. The smallest absolute Gasteiger partial charge is 0.251 e. The molecule has 0 aliphatic carbocycles. The van der Waals surface area contributed by atoms with Crippen LogP contribution in [0.15, 0.2) is 48.5 Å². The van der Waals surface area contributed by atoms with E-state index in [0.717, 1.165) is 23.4 Å². The molecule has 5 heteroatoms. The van der Waals surface area contributed by atoms with E-state index in [2.05, 4.69) is 16.0 Å². The van der Waals surface area contributed by atoms with E-state index in [4.69, 9.17) is 0 Å². The summed E-state index contributed by atoms with van der Waals surface area (Å²) in [4.78, 5) is 24.0. The van der Waals surface area contributed by atoms with Crippen LogP contribution in [0.25, 0.3) is 0 Å². The molecule has 0 saturated carbocycles. The number of carbonyl (C=O) groups excluding carboxylic acids is 2. The van der Waals surface area contributed by atoms with Gasteiger partial charge in [-0.1, -0.05) is 25.1 Å². The SMILES string of the molecule is CCCNC(=O)c1cccc(NCC(=O)Nc2cccc(C)c2)c1. The van der Waals surface area contributed by atoms with Crippen molar-refractivity contribution in [3.8, 4) is 0 Å². The molecule has 0 heterocycles. The highest BCUT2D eigenvalue weighted by molar-refractivity contribution is 5.96. The highest BCUT2D eigenvalue weighted by Crippen LogP contribution is 2.12. The molecule has 0 aromatic heterocycles. The standard InChI is InChI=1S/C19H23N3O2/c1-3-10-20-19(24)15-7-5-8-16(12-15)21-13-18(23)22-17-9-4-6-14(2)11-17/h4-9,11-12,21H,3,10,13H2,1-2H3,(H,20,24)(H,22,23). The van der Waals surface area contributed by atoms with Gasteiger partial charge in [-0.3, -0.25) is 9.59 Å². The Bertz CT molecular complexity index is 713. The predicted molar refractivity (Wildman–Crippen MR) is 97.4 cm³/mol. The van der Waals surface area contributed by atoms with Crippen LogP contribution in [0.1, 0.15) is 29.3 Å². The van der Waals surface area contributed by atoms with Crippen LogP contribution in [0.4, 0.5) is 11.4 Å². The van der Waals surface area contributed by atoms with Crippen LogP contribution < -0.4 is 16.0 Å². The van der Waals surface area contributed by atoms with Crippen molar-refractivity contribution in [2.24, 2.45) is 0 Å². The van der Waals surface area contributed by atoms with Crippen LogP contribution in [-0.4, -0.2) is 24.9 Å². The van der Waals surface area contributed by atoms with Crippen molar-refractivity contribution >= 4 is 23.2 Å². The fourth-order valence-corrected chi connectivity index (χ4v) is 2.22. The van der Waals surface area contributed by atoms with E-state index < -0.39 is 0 Å². The first-order chi connectivity index (χ1) is 11.6. The summed E-state index contributed by atoms with van der Waals surface area (Å²) in [6.07, 6.45) is 0.892. The molecule has 0 unspecified atom stereocenters. The highest BCUT2D eigenvalue weighted by atomic mass is 16.2. The topological polar surface area (TPSA) is 70.2 Å².